The van der Waals surface area contributed by atoms with Crippen molar-refractivity contribution in [2.75, 3.05) is 4.90 Å². The van der Waals surface area contributed by atoms with E-state index in [1.807, 2.05) is 0 Å². The van der Waals surface area contributed by atoms with Crippen molar-refractivity contribution in [1.82, 2.24) is 4.57 Å². The predicted octanol–water partition coefficient (Wildman–Crippen LogP) is 16.7. The fourth-order valence-corrected chi connectivity index (χ4v) is 9.72. The minimum Gasteiger partial charge on any atom is -0.310 e. The number of nitrogens with zero attached hydrogens (tertiary/aromatic N) is 2. The zero-order valence-electron chi connectivity index (χ0n) is 34.0. The molecule has 12 aromatic rings. The number of aromatic nitrogens is 1. The molecule has 0 spiro atoms. The van der Waals surface area contributed by atoms with Gasteiger partial charge in [0.15, 0.2) is 0 Å². The fraction of sp³-hybridized carbons (Fsp3) is 0. The van der Waals surface area contributed by atoms with Crippen LogP contribution in [0.1, 0.15) is 0 Å². The van der Waals surface area contributed by atoms with Crippen LogP contribution in [0.5, 0.6) is 0 Å². The summed E-state index contributed by atoms with van der Waals surface area (Å²) < 4.78 is 2.40. The van der Waals surface area contributed by atoms with Crippen LogP contribution in [0.4, 0.5) is 17.1 Å². The number of hydrogen-bond donors (Lipinski definition) is 0. The van der Waals surface area contributed by atoms with Crippen molar-refractivity contribution in [3.8, 4) is 39.1 Å². The molecule has 0 saturated carbocycles. The Labute approximate surface area is 360 Å². The maximum atomic E-state index is 2.45. The van der Waals surface area contributed by atoms with Crippen molar-refractivity contribution in [1.29, 1.82) is 0 Å². The Morgan fingerprint density at radius 3 is 1.71 bits per heavy atom. The third-order valence-electron chi connectivity index (χ3n) is 12.6. The van der Waals surface area contributed by atoms with E-state index in [0.717, 1.165) is 22.7 Å². The topological polar surface area (TPSA) is 8.17 Å². The summed E-state index contributed by atoms with van der Waals surface area (Å²) in [4.78, 5) is 2.45. The summed E-state index contributed by atoms with van der Waals surface area (Å²) in [6.07, 6.45) is 0. The lowest BCUT2D eigenvalue weighted by Gasteiger charge is -2.27. The maximum absolute atomic E-state index is 2.45. The van der Waals surface area contributed by atoms with Crippen molar-refractivity contribution < 1.29 is 0 Å². The SMILES string of the molecule is c1ccc(-n2c3ccccc3c3c(N(c4ccc(-c5cccc(-c6cccc7ccccc67)c5)cc4)c4cccc(-c5cccc6c5ccc5ccccc56)c4)cccc32)cc1. The minimum atomic E-state index is 1.09. The highest BCUT2D eigenvalue weighted by Crippen LogP contribution is 2.45. The first-order valence-electron chi connectivity index (χ1n) is 21.3. The maximum Gasteiger partial charge on any atom is 0.0562 e. The van der Waals surface area contributed by atoms with Crippen molar-refractivity contribution in [3.05, 3.63) is 243 Å². The van der Waals surface area contributed by atoms with Gasteiger partial charge in [-0.1, -0.05) is 182 Å². The van der Waals surface area contributed by atoms with Crippen LogP contribution in [0.3, 0.4) is 0 Å². The quantitative estimate of drug-likeness (QED) is 0.146. The van der Waals surface area contributed by atoms with Crippen molar-refractivity contribution >= 4 is 71.2 Å². The highest BCUT2D eigenvalue weighted by Gasteiger charge is 2.22. The van der Waals surface area contributed by atoms with Gasteiger partial charge in [-0.2, -0.15) is 0 Å². The molecule has 0 fully saturated rings. The normalized spacial score (nSPS) is 11.5. The second-order valence-corrected chi connectivity index (χ2v) is 16.1. The van der Waals surface area contributed by atoms with Gasteiger partial charge in [-0.3, -0.25) is 0 Å². The lowest BCUT2D eigenvalue weighted by Crippen LogP contribution is -2.10. The molecule has 0 aliphatic rings. The van der Waals surface area contributed by atoms with E-state index < -0.39 is 0 Å². The number of anilines is 3. The average Bonchev–Trinajstić information content (AvgIpc) is 3.69. The van der Waals surface area contributed by atoms with Gasteiger partial charge in [-0.05, 0) is 126 Å². The van der Waals surface area contributed by atoms with Crippen LogP contribution in [0.25, 0.3) is 93.2 Å². The Kier molecular flexibility index (Phi) is 8.53. The molecule has 0 saturated heterocycles. The van der Waals surface area contributed by atoms with Gasteiger partial charge in [-0.25, -0.2) is 0 Å². The molecule has 0 aliphatic heterocycles. The molecule has 62 heavy (non-hydrogen) atoms. The molecular formula is C60H40N2. The van der Waals surface area contributed by atoms with Crippen LogP contribution in [0, 0.1) is 0 Å². The summed E-state index contributed by atoms with van der Waals surface area (Å²) >= 11 is 0. The number of rotatable bonds is 7. The van der Waals surface area contributed by atoms with Crippen molar-refractivity contribution in [3.63, 3.8) is 0 Å². The molecule has 12 rings (SSSR count). The standard InChI is InChI=1S/C60H40N2/c1-2-21-47(22-3-1)62-57-30-9-8-26-56(57)60-58(31-14-32-59(60)62)61(49-23-11-20-46(40-49)53-28-13-29-54-51-25-7-5-16-43(51)35-38-55(53)54)48-36-33-41(34-37-48)44-18-10-19-45(39-44)52-27-12-17-42-15-4-6-24-50(42)52/h1-40H. The minimum absolute atomic E-state index is 1.09. The third kappa shape index (κ3) is 5.96. The smallest absolute Gasteiger partial charge is 0.0562 e. The Morgan fingerprint density at radius 1 is 0.290 bits per heavy atom. The van der Waals surface area contributed by atoms with E-state index in [2.05, 4.69) is 252 Å². The summed E-state index contributed by atoms with van der Waals surface area (Å²) in [6.45, 7) is 0. The van der Waals surface area contributed by atoms with Gasteiger partial charge in [0.2, 0.25) is 0 Å². The van der Waals surface area contributed by atoms with E-state index in [9.17, 15) is 0 Å². The second kappa shape index (κ2) is 14.8. The highest BCUT2D eigenvalue weighted by atomic mass is 15.1. The molecule has 0 radical (unpaired) electrons. The van der Waals surface area contributed by atoms with Gasteiger partial charge < -0.3 is 9.47 Å². The van der Waals surface area contributed by atoms with Gasteiger partial charge in [-0.15, -0.1) is 0 Å². The first-order valence-corrected chi connectivity index (χ1v) is 21.3. The van der Waals surface area contributed by atoms with Crippen LogP contribution >= 0.6 is 0 Å². The summed E-state index contributed by atoms with van der Waals surface area (Å²) in [6, 6.07) is 88.5. The van der Waals surface area contributed by atoms with Crippen LogP contribution in [0.2, 0.25) is 0 Å². The van der Waals surface area contributed by atoms with Crippen LogP contribution in [-0.4, -0.2) is 4.57 Å². The number of para-hydroxylation sites is 2. The lowest BCUT2D eigenvalue weighted by atomic mass is 9.94. The first kappa shape index (κ1) is 35.7. The van der Waals surface area contributed by atoms with Gasteiger partial charge in [0.25, 0.3) is 0 Å². The highest BCUT2D eigenvalue weighted by molar-refractivity contribution is 6.17. The Bertz CT molecular complexity index is 3630. The zero-order valence-corrected chi connectivity index (χ0v) is 34.0. The lowest BCUT2D eigenvalue weighted by molar-refractivity contribution is 1.18. The molecule has 2 heteroatoms. The Balaban J connectivity index is 1.04. The summed E-state index contributed by atoms with van der Waals surface area (Å²) in [7, 11) is 0. The molecule has 11 aromatic carbocycles. The molecular weight excluding hydrogens is 749 g/mol. The Morgan fingerprint density at radius 2 is 0.871 bits per heavy atom. The van der Waals surface area contributed by atoms with Crippen LogP contribution < -0.4 is 4.90 Å². The predicted molar refractivity (Wildman–Crippen MR) is 264 cm³/mol. The largest absolute Gasteiger partial charge is 0.310 e. The summed E-state index contributed by atoms with van der Waals surface area (Å²) in [5.74, 6) is 0. The molecule has 0 bridgehead atoms. The molecule has 1 heterocycles. The van der Waals surface area contributed by atoms with E-state index in [0.29, 0.717) is 0 Å². The van der Waals surface area contributed by atoms with E-state index in [1.165, 1.54) is 87.5 Å². The van der Waals surface area contributed by atoms with E-state index >= 15 is 0 Å². The number of fused-ring (bicyclic) bond motifs is 7. The molecule has 290 valence electrons. The second-order valence-electron chi connectivity index (χ2n) is 16.1. The Hall–Kier alpha value is -8.20. The van der Waals surface area contributed by atoms with E-state index in [1.54, 1.807) is 0 Å². The summed E-state index contributed by atoms with van der Waals surface area (Å²) in [5, 5.41) is 9.98. The molecule has 0 unspecified atom stereocenters. The van der Waals surface area contributed by atoms with Crippen molar-refractivity contribution in [2.24, 2.45) is 0 Å². The molecule has 0 N–H and O–H groups in total. The molecule has 0 aliphatic carbocycles. The number of hydrogen-bond acceptors (Lipinski definition) is 1. The van der Waals surface area contributed by atoms with Gasteiger partial charge in [0.05, 0.1) is 16.7 Å². The zero-order chi connectivity index (χ0) is 41.0. The molecule has 1 aromatic heterocycles. The van der Waals surface area contributed by atoms with Gasteiger partial charge >= 0.3 is 0 Å². The molecule has 2 nitrogen and oxygen atoms in total. The third-order valence-corrected chi connectivity index (χ3v) is 12.6. The summed E-state index contributed by atoms with van der Waals surface area (Å²) in [5.41, 5.74) is 14.0. The fourth-order valence-electron chi connectivity index (χ4n) is 9.72. The van der Waals surface area contributed by atoms with Crippen molar-refractivity contribution in [2.45, 2.75) is 0 Å². The van der Waals surface area contributed by atoms with E-state index in [4.69, 9.17) is 0 Å². The van der Waals surface area contributed by atoms with Gasteiger partial charge in [0, 0.05) is 27.8 Å². The molecule has 0 atom stereocenters. The first-order chi connectivity index (χ1) is 30.8. The number of benzene rings is 11. The molecule has 0 amide bonds. The average molecular weight is 789 g/mol. The van der Waals surface area contributed by atoms with Crippen LogP contribution in [-0.2, 0) is 0 Å². The van der Waals surface area contributed by atoms with Gasteiger partial charge in [0.1, 0.15) is 0 Å². The monoisotopic (exact) mass is 788 g/mol. The van der Waals surface area contributed by atoms with E-state index in [-0.39, 0.29) is 0 Å². The van der Waals surface area contributed by atoms with Crippen LogP contribution in [0.15, 0.2) is 243 Å².